The molecule has 126 valence electrons. The van der Waals surface area contributed by atoms with Crippen LogP contribution in [-0.4, -0.2) is 33.3 Å². The lowest BCUT2D eigenvalue weighted by atomic mass is 10.1. The van der Waals surface area contributed by atoms with Crippen molar-refractivity contribution < 1.29 is 9.53 Å². The van der Waals surface area contributed by atoms with Crippen LogP contribution in [0.15, 0.2) is 12.5 Å². The van der Waals surface area contributed by atoms with Crippen LogP contribution in [0, 0.1) is 0 Å². The number of hydrogen-bond donors (Lipinski definition) is 1. The zero-order valence-corrected chi connectivity index (χ0v) is 15.2. The number of amides is 1. The second-order valence-electron chi connectivity index (χ2n) is 6.32. The van der Waals surface area contributed by atoms with E-state index in [0.717, 1.165) is 25.1 Å². The van der Waals surface area contributed by atoms with E-state index in [0.29, 0.717) is 0 Å². The molecule has 0 aliphatic heterocycles. The van der Waals surface area contributed by atoms with Gasteiger partial charge in [0.1, 0.15) is 5.60 Å². The number of carbonyl (C=O) groups excluding carboxylic acids is 1. The van der Waals surface area contributed by atoms with Gasteiger partial charge in [0.15, 0.2) is 0 Å². The summed E-state index contributed by atoms with van der Waals surface area (Å²) in [5, 5.41) is 2.94. The van der Waals surface area contributed by atoms with Crippen molar-refractivity contribution in [3.63, 3.8) is 0 Å². The van der Waals surface area contributed by atoms with Crippen molar-refractivity contribution in [1.82, 2.24) is 14.9 Å². The summed E-state index contributed by atoms with van der Waals surface area (Å²) >= 11 is 1.87. The Morgan fingerprint density at radius 2 is 2.18 bits per heavy atom. The molecule has 0 aliphatic carbocycles. The average Bonchev–Trinajstić information content (AvgIpc) is 2.87. The minimum Gasteiger partial charge on any atom is -0.444 e. The van der Waals surface area contributed by atoms with Crippen LogP contribution in [0.5, 0.6) is 0 Å². The maximum absolute atomic E-state index is 12.0. The third kappa shape index (κ3) is 6.73. The summed E-state index contributed by atoms with van der Waals surface area (Å²) in [7, 11) is 0. The minimum atomic E-state index is -0.486. The number of ether oxygens (including phenoxy) is 1. The van der Waals surface area contributed by atoms with E-state index in [9.17, 15) is 4.79 Å². The zero-order valence-electron chi connectivity index (χ0n) is 14.4. The number of unbranched alkanes of at least 4 members (excludes halogenated alkanes) is 1. The number of aryl methyl sites for hydroxylation is 1. The summed E-state index contributed by atoms with van der Waals surface area (Å²) in [6.07, 6.45) is 8.53. The first-order valence-corrected chi connectivity index (χ1v) is 9.25. The number of rotatable bonds is 8. The van der Waals surface area contributed by atoms with Crippen LogP contribution in [0.25, 0.3) is 0 Å². The molecule has 1 aromatic rings. The Hall–Kier alpha value is -1.17. The molecule has 0 saturated carbocycles. The quantitative estimate of drug-likeness (QED) is 0.733. The van der Waals surface area contributed by atoms with Crippen molar-refractivity contribution in [1.29, 1.82) is 0 Å². The molecule has 6 heteroatoms. The first-order valence-electron chi connectivity index (χ1n) is 7.86. The van der Waals surface area contributed by atoms with E-state index in [1.807, 2.05) is 52.0 Å². The molecule has 1 heterocycles. The molecule has 0 fully saturated rings. The Balaban J connectivity index is 2.63. The van der Waals surface area contributed by atoms with Crippen molar-refractivity contribution in [3.8, 4) is 0 Å². The molecule has 0 bridgehead atoms. The van der Waals surface area contributed by atoms with Crippen molar-refractivity contribution in [2.24, 2.45) is 0 Å². The van der Waals surface area contributed by atoms with Gasteiger partial charge in [-0.3, -0.25) is 0 Å². The standard InChI is InChI=1S/C16H29N3O2S/c1-6-13(18-15(20)21-16(2,3)4)14-11-17-12-19(14)9-7-8-10-22-5/h11-13H,6-10H2,1-5H3,(H,18,20)/t13-/m1/s1. The van der Waals surface area contributed by atoms with Gasteiger partial charge in [-0.1, -0.05) is 6.92 Å². The van der Waals surface area contributed by atoms with E-state index in [1.165, 1.54) is 12.2 Å². The summed E-state index contributed by atoms with van der Waals surface area (Å²) in [6.45, 7) is 8.58. The molecule has 1 rings (SSSR count). The van der Waals surface area contributed by atoms with Gasteiger partial charge < -0.3 is 14.6 Å². The van der Waals surface area contributed by atoms with Gasteiger partial charge in [-0.25, -0.2) is 9.78 Å². The highest BCUT2D eigenvalue weighted by Gasteiger charge is 2.21. The van der Waals surface area contributed by atoms with Gasteiger partial charge in [-0.15, -0.1) is 0 Å². The molecule has 0 saturated heterocycles. The zero-order chi connectivity index (χ0) is 16.6. The highest BCUT2D eigenvalue weighted by molar-refractivity contribution is 7.98. The minimum absolute atomic E-state index is 0.0714. The summed E-state index contributed by atoms with van der Waals surface area (Å²) in [6, 6.07) is -0.0714. The number of hydrogen-bond acceptors (Lipinski definition) is 4. The van der Waals surface area contributed by atoms with Gasteiger partial charge >= 0.3 is 6.09 Å². The average molecular weight is 327 g/mol. The molecule has 1 N–H and O–H groups in total. The lowest BCUT2D eigenvalue weighted by Gasteiger charge is -2.23. The maximum atomic E-state index is 12.0. The molecule has 22 heavy (non-hydrogen) atoms. The number of nitrogens with one attached hydrogen (secondary N) is 1. The number of nitrogens with zero attached hydrogens (tertiary/aromatic N) is 2. The molecule has 0 unspecified atom stereocenters. The summed E-state index contributed by atoms with van der Waals surface area (Å²) in [5.41, 5.74) is 0.554. The van der Waals surface area contributed by atoms with Crippen LogP contribution in [0.3, 0.4) is 0 Å². The molecular weight excluding hydrogens is 298 g/mol. The van der Waals surface area contributed by atoms with Gasteiger partial charge in [0.2, 0.25) is 0 Å². The maximum Gasteiger partial charge on any atom is 0.408 e. The Bertz CT molecular complexity index is 454. The van der Waals surface area contributed by atoms with Gasteiger partial charge in [-0.2, -0.15) is 11.8 Å². The summed E-state index contributed by atoms with van der Waals surface area (Å²) in [5.74, 6) is 1.18. The molecule has 1 amide bonds. The van der Waals surface area contributed by atoms with Crippen molar-refractivity contribution in [3.05, 3.63) is 18.2 Å². The fourth-order valence-electron chi connectivity index (χ4n) is 2.17. The van der Waals surface area contributed by atoms with E-state index >= 15 is 0 Å². The Morgan fingerprint density at radius 1 is 1.45 bits per heavy atom. The number of aromatic nitrogens is 2. The predicted molar refractivity (Wildman–Crippen MR) is 92.2 cm³/mol. The van der Waals surface area contributed by atoms with E-state index in [1.54, 1.807) is 0 Å². The van der Waals surface area contributed by atoms with Gasteiger partial charge in [-0.05, 0) is 52.0 Å². The number of carbonyl (C=O) groups is 1. The van der Waals surface area contributed by atoms with Gasteiger partial charge in [0.05, 0.1) is 24.3 Å². The summed E-state index contributed by atoms with van der Waals surface area (Å²) < 4.78 is 7.47. The van der Waals surface area contributed by atoms with Crippen molar-refractivity contribution in [2.75, 3.05) is 12.0 Å². The number of imidazole rings is 1. The lowest BCUT2D eigenvalue weighted by Crippen LogP contribution is -2.35. The van der Waals surface area contributed by atoms with Crippen LogP contribution in [0.2, 0.25) is 0 Å². The van der Waals surface area contributed by atoms with Crippen molar-refractivity contribution in [2.45, 2.75) is 65.1 Å². The molecule has 1 atom stereocenters. The fraction of sp³-hybridized carbons (Fsp3) is 0.750. The monoisotopic (exact) mass is 327 g/mol. The van der Waals surface area contributed by atoms with Crippen LogP contribution < -0.4 is 5.32 Å². The highest BCUT2D eigenvalue weighted by Crippen LogP contribution is 2.18. The fourth-order valence-corrected chi connectivity index (χ4v) is 2.66. The number of thioether (sulfide) groups is 1. The number of alkyl carbamates (subject to hydrolysis) is 1. The predicted octanol–water partition coefficient (Wildman–Crippen LogP) is 4.00. The van der Waals surface area contributed by atoms with E-state index in [-0.39, 0.29) is 12.1 Å². The van der Waals surface area contributed by atoms with E-state index < -0.39 is 5.60 Å². The van der Waals surface area contributed by atoms with Crippen LogP contribution in [0.4, 0.5) is 4.79 Å². The van der Waals surface area contributed by atoms with Gasteiger partial charge in [0, 0.05) is 6.54 Å². The first kappa shape index (κ1) is 18.9. The van der Waals surface area contributed by atoms with Crippen LogP contribution in [-0.2, 0) is 11.3 Å². The third-order valence-electron chi connectivity index (χ3n) is 3.20. The van der Waals surface area contributed by atoms with Crippen LogP contribution in [0.1, 0.15) is 58.7 Å². The molecule has 0 aliphatic rings. The highest BCUT2D eigenvalue weighted by atomic mass is 32.2. The second-order valence-corrected chi connectivity index (χ2v) is 7.30. The second kappa shape index (κ2) is 9.08. The Kier molecular flexibility index (Phi) is 7.79. The topological polar surface area (TPSA) is 56.1 Å². The van der Waals surface area contributed by atoms with E-state index in [4.69, 9.17) is 4.74 Å². The largest absolute Gasteiger partial charge is 0.444 e. The van der Waals surface area contributed by atoms with Crippen molar-refractivity contribution >= 4 is 17.9 Å². The molecule has 5 nitrogen and oxygen atoms in total. The third-order valence-corrected chi connectivity index (χ3v) is 3.90. The molecule has 0 spiro atoms. The smallest absolute Gasteiger partial charge is 0.408 e. The molecule has 1 aromatic heterocycles. The molecule has 0 aromatic carbocycles. The lowest BCUT2D eigenvalue weighted by molar-refractivity contribution is 0.0500. The normalized spacial score (nSPS) is 13.0. The van der Waals surface area contributed by atoms with Gasteiger partial charge in [0.25, 0.3) is 0 Å². The Morgan fingerprint density at radius 3 is 2.77 bits per heavy atom. The first-order chi connectivity index (χ1) is 10.4. The molecular formula is C16H29N3O2S. The summed E-state index contributed by atoms with van der Waals surface area (Å²) in [4.78, 5) is 16.2. The Labute approximate surface area is 138 Å². The van der Waals surface area contributed by atoms with Crippen LogP contribution >= 0.6 is 11.8 Å². The molecule has 0 radical (unpaired) electrons. The van der Waals surface area contributed by atoms with E-state index in [2.05, 4.69) is 21.1 Å². The SMILES string of the molecule is CC[C@@H](NC(=O)OC(C)(C)C)c1cncn1CCCCSC.